The Kier molecular flexibility index (Phi) is 6.47. The van der Waals surface area contributed by atoms with E-state index in [0.29, 0.717) is 12.6 Å². The highest BCUT2D eigenvalue weighted by Crippen LogP contribution is 2.33. The van der Waals surface area contributed by atoms with Crippen molar-refractivity contribution >= 4 is 11.4 Å². The highest BCUT2D eigenvalue weighted by atomic mass is 16.5. The van der Waals surface area contributed by atoms with Crippen LogP contribution in [0.3, 0.4) is 0 Å². The molecule has 0 bridgehead atoms. The monoisotopic (exact) mass is 424 g/mol. The second-order valence-corrected chi connectivity index (χ2v) is 8.15. The van der Waals surface area contributed by atoms with E-state index in [2.05, 4.69) is 67.1 Å². The van der Waals surface area contributed by atoms with Crippen LogP contribution in [0.5, 0.6) is 11.5 Å². The van der Waals surface area contributed by atoms with Crippen molar-refractivity contribution in [2.75, 3.05) is 25.3 Å². The Hall–Kier alpha value is -3.71. The molecule has 0 spiro atoms. The van der Waals surface area contributed by atoms with Crippen LogP contribution in [-0.2, 0) is 6.54 Å². The number of fused-ring (bicyclic) bond motifs is 1. The molecule has 162 valence electrons. The van der Waals surface area contributed by atoms with Crippen molar-refractivity contribution in [1.82, 2.24) is 0 Å². The maximum absolute atomic E-state index is 5.71. The fourth-order valence-electron chi connectivity index (χ4n) is 3.91. The van der Waals surface area contributed by atoms with Crippen LogP contribution in [0, 0.1) is 12.3 Å². The lowest BCUT2D eigenvalue weighted by Gasteiger charge is -2.31. The van der Waals surface area contributed by atoms with E-state index in [-0.39, 0.29) is 6.61 Å². The number of ether oxygens (including phenoxy) is 2. The molecule has 0 aliphatic carbocycles. The van der Waals surface area contributed by atoms with E-state index in [0.717, 1.165) is 40.6 Å². The van der Waals surface area contributed by atoms with Gasteiger partial charge in [-0.2, -0.15) is 0 Å². The molecule has 0 saturated heterocycles. The first-order valence-electron chi connectivity index (χ1n) is 10.8. The fourth-order valence-corrected chi connectivity index (χ4v) is 3.91. The molecular weight excluding hydrogens is 396 g/mol. The van der Waals surface area contributed by atoms with Crippen LogP contribution in [0.25, 0.3) is 0 Å². The van der Waals surface area contributed by atoms with Crippen molar-refractivity contribution in [2.45, 2.75) is 26.3 Å². The molecule has 0 amide bonds. The molecule has 0 N–H and O–H groups in total. The Balaban J connectivity index is 1.70. The SMILES string of the molecule is C#CCOc1ccc2c(c1)C(c1ccc(C(C)C)cc1)=NCN2Cc1cccc(OC)c1. The number of hydrogen-bond donors (Lipinski definition) is 0. The third kappa shape index (κ3) is 4.63. The molecule has 0 fully saturated rings. The van der Waals surface area contributed by atoms with Gasteiger partial charge in [-0.15, -0.1) is 6.42 Å². The van der Waals surface area contributed by atoms with E-state index in [1.165, 1.54) is 11.1 Å². The highest BCUT2D eigenvalue weighted by molar-refractivity contribution is 6.17. The van der Waals surface area contributed by atoms with E-state index < -0.39 is 0 Å². The Morgan fingerprint density at radius 1 is 1.03 bits per heavy atom. The molecule has 3 aromatic carbocycles. The molecule has 3 aromatic rings. The zero-order valence-electron chi connectivity index (χ0n) is 18.8. The lowest BCUT2D eigenvalue weighted by atomic mass is 9.95. The predicted molar refractivity (Wildman–Crippen MR) is 131 cm³/mol. The molecule has 4 rings (SSSR count). The average molecular weight is 425 g/mol. The molecule has 0 aromatic heterocycles. The summed E-state index contributed by atoms with van der Waals surface area (Å²) in [5, 5.41) is 0. The molecule has 1 aliphatic heterocycles. The third-order valence-corrected chi connectivity index (χ3v) is 5.64. The molecule has 0 unspecified atom stereocenters. The zero-order chi connectivity index (χ0) is 22.5. The summed E-state index contributed by atoms with van der Waals surface area (Å²) in [5.41, 5.74) is 6.73. The van der Waals surface area contributed by atoms with Gasteiger partial charge in [-0.3, -0.25) is 4.99 Å². The first kappa shape index (κ1) is 21.5. The second kappa shape index (κ2) is 9.62. The summed E-state index contributed by atoms with van der Waals surface area (Å²) < 4.78 is 11.1. The van der Waals surface area contributed by atoms with Crippen LogP contribution in [-0.4, -0.2) is 26.1 Å². The van der Waals surface area contributed by atoms with Crippen LogP contribution < -0.4 is 14.4 Å². The first-order chi connectivity index (χ1) is 15.6. The maximum Gasteiger partial charge on any atom is 0.148 e. The predicted octanol–water partition coefficient (Wildman–Crippen LogP) is 5.65. The van der Waals surface area contributed by atoms with Crippen LogP contribution in [0.2, 0.25) is 0 Å². The smallest absolute Gasteiger partial charge is 0.148 e. The van der Waals surface area contributed by atoms with Gasteiger partial charge in [0.1, 0.15) is 24.8 Å². The van der Waals surface area contributed by atoms with Gasteiger partial charge in [-0.1, -0.05) is 56.2 Å². The molecule has 0 atom stereocenters. The summed E-state index contributed by atoms with van der Waals surface area (Å²) >= 11 is 0. The number of terminal acetylenes is 1. The summed E-state index contributed by atoms with van der Waals surface area (Å²) in [6.07, 6.45) is 5.39. The van der Waals surface area contributed by atoms with Gasteiger partial charge in [-0.05, 0) is 47.4 Å². The summed E-state index contributed by atoms with van der Waals surface area (Å²) in [4.78, 5) is 7.24. The Bertz CT molecular complexity index is 1160. The van der Waals surface area contributed by atoms with Gasteiger partial charge >= 0.3 is 0 Å². The third-order valence-electron chi connectivity index (χ3n) is 5.64. The lowest BCUT2D eigenvalue weighted by molar-refractivity contribution is 0.370. The number of benzene rings is 3. The minimum absolute atomic E-state index is 0.238. The van der Waals surface area contributed by atoms with Gasteiger partial charge in [-0.25, -0.2) is 0 Å². The lowest BCUT2D eigenvalue weighted by Crippen LogP contribution is -2.29. The van der Waals surface area contributed by atoms with Gasteiger partial charge in [0.15, 0.2) is 0 Å². The van der Waals surface area contributed by atoms with Gasteiger partial charge in [0, 0.05) is 23.4 Å². The summed E-state index contributed by atoms with van der Waals surface area (Å²) in [7, 11) is 1.69. The Morgan fingerprint density at radius 2 is 1.84 bits per heavy atom. The quantitative estimate of drug-likeness (QED) is 0.460. The van der Waals surface area contributed by atoms with E-state index in [4.69, 9.17) is 20.9 Å². The number of anilines is 1. The van der Waals surface area contributed by atoms with Crippen molar-refractivity contribution in [1.29, 1.82) is 0 Å². The van der Waals surface area contributed by atoms with Crippen molar-refractivity contribution in [3.63, 3.8) is 0 Å². The maximum atomic E-state index is 5.71. The zero-order valence-corrected chi connectivity index (χ0v) is 18.8. The van der Waals surface area contributed by atoms with E-state index in [1.54, 1.807) is 7.11 Å². The van der Waals surface area contributed by atoms with Crippen LogP contribution >= 0.6 is 0 Å². The van der Waals surface area contributed by atoms with Crippen LogP contribution in [0.15, 0.2) is 71.7 Å². The molecule has 0 radical (unpaired) electrons. The normalized spacial score (nSPS) is 12.7. The Labute approximate surface area is 190 Å². The number of methoxy groups -OCH3 is 1. The summed E-state index contributed by atoms with van der Waals surface area (Å²) in [6.45, 7) is 5.96. The average Bonchev–Trinajstić information content (AvgIpc) is 2.83. The molecule has 4 heteroatoms. The van der Waals surface area contributed by atoms with Crippen molar-refractivity contribution in [3.8, 4) is 23.8 Å². The standard InChI is InChI=1S/C28H28N2O2/c1-5-15-32-25-13-14-27-26(17-25)28(23-11-9-22(10-12-23)20(2)3)29-19-30(27)18-21-7-6-8-24(16-21)31-4/h1,6-14,16-17,20H,15,18-19H2,2-4H3. The van der Waals surface area contributed by atoms with E-state index in [1.807, 2.05) is 24.3 Å². The van der Waals surface area contributed by atoms with Gasteiger partial charge in [0.05, 0.1) is 12.8 Å². The molecule has 32 heavy (non-hydrogen) atoms. The topological polar surface area (TPSA) is 34.1 Å². The Morgan fingerprint density at radius 3 is 2.56 bits per heavy atom. The van der Waals surface area contributed by atoms with Crippen LogP contribution in [0.1, 0.15) is 42.0 Å². The van der Waals surface area contributed by atoms with Gasteiger partial charge < -0.3 is 14.4 Å². The minimum atomic E-state index is 0.238. The largest absolute Gasteiger partial charge is 0.497 e. The van der Waals surface area contributed by atoms with E-state index >= 15 is 0 Å². The summed E-state index contributed by atoms with van der Waals surface area (Å²) in [6, 6.07) is 22.9. The van der Waals surface area contributed by atoms with Crippen molar-refractivity contribution < 1.29 is 9.47 Å². The molecule has 0 saturated carbocycles. The molecular formula is C28H28N2O2. The van der Waals surface area contributed by atoms with Gasteiger partial charge in [0.25, 0.3) is 0 Å². The van der Waals surface area contributed by atoms with E-state index in [9.17, 15) is 0 Å². The first-order valence-corrected chi connectivity index (χ1v) is 10.8. The summed E-state index contributed by atoms with van der Waals surface area (Å²) in [5.74, 6) is 4.63. The van der Waals surface area contributed by atoms with Crippen LogP contribution in [0.4, 0.5) is 5.69 Å². The van der Waals surface area contributed by atoms with Crippen molar-refractivity contribution in [2.24, 2.45) is 4.99 Å². The highest BCUT2D eigenvalue weighted by Gasteiger charge is 2.22. The van der Waals surface area contributed by atoms with Crippen molar-refractivity contribution in [3.05, 3.63) is 89.0 Å². The minimum Gasteiger partial charge on any atom is -0.497 e. The number of rotatable bonds is 7. The number of nitrogens with zero attached hydrogens (tertiary/aromatic N) is 2. The molecule has 1 heterocycles. The number of aliphatic imine (C=N–C) groups is 1. The fraction of sp³-hybridized carbons (Fsp3) is 0.250. The molecule has 4 nitrogen and oxygen atoms in total. The number of hydrogen-bond acceptors (Lipinski definition) is 4. The second-order valence-electron chi connectivity index (χ2n) is 8.15. The molecule has 1 aliphatic rings. The van der Waals surface area contributed by atoms with Gasteiger partial charge in [0.2, 0.25) is 0 Å².